The fourth-order valence-corrected chi connectivity index (χ4v) is 7.37. The molecule has 0 radical (unpaired) electrons. The van der Waals surface area contributed by atoms with E-state index in [1.54, 1.807) is 0 Å². The van der Waals surface area contributed by atoms with E-state index in [9.17, 15) is 14.7 Å². The van der Waals surface area contributed by atoms with Gasteiger partial charge in [0.05, 0.1) is 6.61 Å². The summed E-state index contributed by atoms with van der Waals surface area (Å²) < 4.78 is 10.7. The van der Waals surface area contributed by atoms with Crippen molar-refractivity contribution in [1.29, 1.82) is 0 Å². The number of aliphatic hydroxyl groups excluding tert-OH is 1. The molecule has 0 fully saturated rings. The van der Waals surface area contributed by atoms with E-state index >= 15 is 0 Å². The molecule has 74 heavy (non-hydrogen) atoms. The van der Waals surface area contributed by atoms with Crippen LogP contribution < -0.4 is 0 Å². The second kappa shape index (κ2) is 62.3. The van der Waals surface area contributed by atoms with Crippen LogP contribution in [0, 0.1) is 0 Å². The summed E-state index contributed by atoms with van der Waals surface area (Å²) in [7, 11) is 0. The Morgan fingerprint density at radius 3 is 0.811 bits per heavy atom. The molecule has 0 bridgehead atoms. The lowest BCUT2D eigenvalue weighted by molar-refractivity contribution is -0.161. The average Bonchev–Trinajstić information content (AvgIpc) is 3.40. The maximum absolute atomic E-state index is 12.3. The molecule has 0 aromatic rings. The Balaban J connectivity index is 3.65. The van der Waals surface area contributed by atoms with Crippen molar-refractivity contribution in [3.05, 3.63) is 182 Å². The minimum absolute atomic E-state index is 0.0915. The molecule has 0 aliphatic carbocycles. The van der Waals surface area contributed by atoms with Gasteiger partial charge in [0.1, 0.15) is 6.61 Å². The Labute approximate surface area is 455 Å². The zero-order valence-corrected chi connectivity index (χ0v) is 47.0. The standard InChI is InChI=1S/C69H106O5/c1-3-5-7-9-11-13-15-17-19-21-23-25-26-27-28-29-30-31-32-33-34-35-36-37-38-39-40-41-42-44-46-48-50-52-54-56-58-60-62-64-69(72)74-67(65-70)66-73-68(71)63-61-59-57-55-53-51-49-47-45-43-24-22-20-18-16-14-12-10-8-6-4-2/h5-8,11-14,17-20,23-25,27-28,30-31,33-34,36-37,39-40,42-44,47,49,67,70H,3-4,9-10,15-16,21-22,26,29,32,35,38,41,45-46,48,50-66H2,1-2H3/b7-5-,8-6-,13-11-,14-12-,19-17-,20-18-,25-23-,28-27-,31-30-,34-33-,37-36-,40-39-,43-24-,44-42-,49-47-. The molecule has 0 heterocycles. The van der Waals surface area contributed by atoms with E-state index in [4.69, 9.17) is 9.47 Å². The molecule has 1 atom stereocenters. The second-order valence-corrected chi connectivity index (χ2v) is 18.6. The quantitative estimate of drug-likeness (QED) is 0.0373. The molecule has 0 spiro atoms. The SMILES string of the molecule is CC/C=C\C/C=C\C/C=C\C/C=C\C/C=C\C/C=C\C/C=C\C/C=C\C/C=C\C/C=C\CCCCCCCCCCC(=O)OC(CO)COC(=O)CCCCCCC/C=C\C/C=C\C/C=C\C/C=C\C/C=C\CC. The number of rotatable bonds is 51. The number of allylic oxidation sites excluding steroid dienone is 30. The summed E-state index contributed by atoms with van der Waals surface area (Å²) in [5, 5.41) is 9.65. The first kappa shape index (κ1) is 69.0. The summed E-state index contributed by atoms with van der Waals surface area (Å²) in [5.41, 5.74) is 0. The van der Waals surface area contributed by atoms with Crippen molar-refractivity contribution in [1.82, 2.24) is 0 Å². The second-order valence-electron chi connectivity index (χ2n) is 18.6. The highest BCUT2D eigenvalue weighted by atomic mass is 16.6. The van der Waals surface area contributed by atoms with Crippen LogP contribution >= 0.6 is 0 Å². The van der Waals surface area contributed by atoms with E-state index in [0.717, 1.165) is 161 Å². The van der Waals surface area contributed by atoms with Gasteiger partial charge in [-0.3, -0.25) is 9.59 Å². The molecule has 0 aliphatic heterocycles. The van der Waals surface area contributed by atoms with Crippen molar-refractivity contribution >= 4 is 11.9 Å². The normalized spacial score (nSPS) is 13.6. The Morgan fingerprint density at radius 1 is 0.311 bits per heavy atom. The average molecular weight is 1020 g/mol. The van der Waals surface area contributed by atoms with Crippen LogP contribution in [0.2, 0.25) is 0 Å². The largest absolute Gasteiger partial charge is 0.462 e. The maximum Gasteiger partial charge on any atom is 0.306 e. The molecule has 1 unspecified atom stereocenters. The number of esters is 2. The van der Waals surface area contributed by atoms with Crippen molar-refractivity contribution < 1.29 is 24.2 Å². The molecule has 0 rings (SSSR count). The Hall–Kier alpha value is -5.00. The van der Waals surface area contributed by atoms with Crippen LogP contribution in [0.15, 0.2) is 182 Å². The summed E-state index contributed by atoms with van der Waals surface area (Å²) in [6.07, 6.45) is 98.6. The number of aliphatic hydroxyl groups is 1. The highest BCUT2D eigenvalue weighted by molar-refractivity contribution is 5.70. The molecular formula is C69H106O5. The molecule has 0 aromatic carbocycles. The smallest absolute Gasteiger partial charge is 0.306 e. The van der Waals surface area contributed by atoms with Crippen molar-refractivity contribution in [3.8, 4) is 0 Å². The number of carbonyl (C=O) groups is 2. The molecule has 5 nitrogen and oxygen atoms in total. The number of hydrogen-bond acceptors (Lipinski definition) is 5. The Bertz CT molecular complexity index is 1720. The van der Waals surface area contributed by atoms with Gasteiger partial charge in [-0.05, 0) is 135 Å². The van der Waals surface area contributed by atoms with Gasteiger partial charge >= 0.3 is 11.9 Å². The highest BCUT2D eigenvalue weighted by Crippen LogP contribution is 2.13. The predicted molar refractivity (Wildman–Crippen MR) is 324 cm³/mol. The van der Waals surface area contributed by atoms with Gasteiger partial charge in [0.25, 0.3) is 0 Å². The van der Waals surface area contributed by atoms with Crippen LogP contribution in [0.3, 0.4) is 0 Å². The number of carbonyl (C=O) groups excluding carboxylic acids is 2. The lowest BCUT2D eigenvalue weighted by atomic mass is 10.1. The molecule has 0 aliphatic rings. The molecule has 0 saturated carbocycles. The van der Waals surface area contributed by atoms with Crippen LogP contribution in [0.5, 0.6) is 0 Å². The monoisotopic (exact) mass is 1010 g/mol. The number of unbranched alkanes of at least 4 members (excludes halogenated alkanes) is 13. The van der Waals surface area contributed by atoms with Crippen molar-refractivity contribution in [3.63, 3.8) is 0 Å². The first-order valence-corrected chi connectivity index (χ1v) is 29.3. The van der Waals surface area contributed by atoms with E-state index in [1.165, 1.54) is 32.1 Å². The topological polar surface area (TPSA) is 72.8 Å². The van der Waals surface area contributed by atoms with Gasteiger partial charge < -0.3 is 14.6 Å². The van der Waals surface area contributed by atoms with Gasteiger partial charge in [-0.1, -0.05) is 254 Å². The van der Waals surface area contributed by atoms with Crippen molar-refractivity contribution in [2.24, 2.45) is 0 Å². The van der Waals surface area contributed by atoms with Crippen molar-refractivity contribution in [2.45, 2.75) is 225 Å². The van der Waals surface area contributed by atoms with E-state index in [0.29, 0.717) is 12.8 Å². The molecule has 0 saturated heterocycles. The van der Waals surface area contributed by atoms with E-state index in [-0.39, 0.29) is 25.2 Å². The number of ether oxygens (including phenoxy) is 2. The summed E-state index contributed by atoms with van der Waals surface area (Å²) in [4.78, 5) is 24.5. The third-order valence-corrected chi connectivity index (χ3v) is 11.7. The van der Waals surface area contributed by atoms with Gasteiger partial charge in [0.2, 0.25) is 0 Å². The van der Waals surface area contributed by atoms with Crippen LogP contribution in [-0.4, -0.2) is 36.4 Å². The van der Waals surface area contributed by atoms with E-state index in [2.05, 4.69) is 196 Å². The zero-order chi connectivity index (χ0) is 53.4. The van der Waals surface area contributed by atoms with Crippen LogP contribution in [0.1, 0.15) is 219 Å². The molecule has 5 heteroatoms. The van der Waals surface area contributed by atoms with Crippen LogP contribution in [0.25, 0.3) is 0 Å². The van der Waals surface area contributed by atoms with Gasteiger partial charge in [-0.2, -0.15) is 0 Å². The van der Waals surface area contributed by atoms with Gasteiger partial charge in [-0.25, -0.2) is 0 Å². The predicted octanol–water partition coefficient (Wildman–Crippen LogP) is 20.3. The minimum Gasteiger partial charge on any atom is -0.462 e. The first-order valence-electron chi connectivity index (χ1n) is 29.3. The molecule has 1 N–H and O–H groups in total. The summed E-state index contributed by atoms with van der Waals surface area (Å²) in [6.45, 7) is 3.87. The fourth-order valence-electron chi connectivity index (χ4n) is 7.37. The third kappa shape index (κ3) is 59.6. The highest BCUT2D eigenvalue weighted by Gasteiger charge is 2.16. The Kier molecular flexibility index (Phi) is 58.1. The fraction of sp³-hybridized carbons (Fsp3) is 0.536. The summed E-state index contributed by atoms with van der Waals surface area (Å²) in [5.74, 6) is -0.636. The first-order chi connectivity index (χ1) is 36.6. The van der Waals surface area contributed by atoms with Gasteiger partial charge in [-0.15, -0.1) is 0 Å². The lowest BCUT2D eigenvalue weighted by Crippen LogP contribution is -2.28. The molecule has 0 aromatic heterocycles. The van der Waals surface area contributed by atoms with Gasteiger partial charge in [0.15, 0.2) is 6.10 Å². The van der Waals surface area contributed by atoms with Gasteiger partial charge in [0, 0.05) is 12.8 Å². The van der Waals surface area contributed by atoms with E-state index in [1.807, 2.05) is 0 Å². The molecule has 412 valence electrons. The minimum atomic E-state index is -0.800. The summed E-state index contributed by atoms with van der Waals surface area (Å²) >= 11 is 0. The number of hydrogen-bond donors (Lipinski definition) is 1. The Morgan fingerprint density at radius 2 is 0.541 bits per heavy atom. The van der Waals surface area contributed by atoms with Crippen LogP contribution in [-0.2, 0) is 19.1 Å². The third-order valence-electron chi connectivity index (χ3n) is 11.7. The molecule has 0 amide bonds. The molecular weight excluding hydrogens is 909 g/mol. The summed E-state index contributed by atoms with van der Waals surface area (Å²) in [6, 6.07) is 0. The lowest BCUT2D eigenvalue weighted by Gasteiger charge is -2.15. The van der Waals surface area contributed by atoms with Crippen LogP contribution in [0.4, 0.5) is 0 Å². The van der Waals surface area contributed by atoms with E-state index < -0.39 is 6.10 Å². The zero-order valence-electron chi connectivity index (χ0n) is 47.0. The van der Waals surface area contributed by atoms with Crippen molar-refractivity contribution in [2.75, 3.05) is 13.2 Å². The maximum atomic E-state index is 12.3.